The highest BCUT2D eigenvalue weighted by Gasteiger charge is 2.24. The van der Waals surface area contributed by atoms with Crippen molar-refractivity contribution in [2.24, 2.45) is 0 Å². The van der Waals surface area contributed by atoms with Crippen LogP contribution in [0, 0.1) is 5.82 Å². The molecule has 0 aliphatic carbocycles. The van der Waals surface area contributed by atoms with Crippen molar-refractivity contribution in [1.29, 1.82) is 0 Å². The fourth-order valence-electron chi connectivity index (χ4n) is 6.86. The van der Waals surface area contributed by atoms with Crippen LogP contribution in [-0.4, -0.2) is 118 Å². The Hall–Kier alpha value is -4.52. The fraction of sp³-hybridized carbons (Fsp3) is 0.459. The summed E-state index contributed by atoms with van der Waals surface area (Å²) >= 11 is 0. The highest BCUT2D eigenvalue weighted by Crippen LogP contribution is 2.35. The van der Waals surface area contributed by atoms with E-state index in [-0.39, 0.29) is 17.5 Å². The van der Waals surface area contributed by atoms with Gasteiger partial charge in [-0.1, -0.05) is 12.1 Å². The molecule has 0 radical (unpaired) electrons. The van der Waals surface area contributed by atoms with Gasteiger partial charge in [-0.15, -0.1) is 0 Å². The molecule has 17 heteroatoms. The molecule has 2 aromatic carbocycles. The van der Waals surface area contributed by atoms with Gasteiger partial charge in [-0.05, 0) is 54.3 Å². The van der Waals surface area contributed by atoms with Gasteiger partial charge in [0.25, 0.3) is 5.91 Å². The van der Waals surface area contributed by atoms with Crippen LogP contribution in [0.5, 0.6) is 5.88 Å². The van der Waals surface area contributed by atoms with E-state index in [1.807, 2.05) is 17.0 Å². The third-order valence-electron chi connectivity index (χ3n) is 9.64. The van der Waals surface area contributed by atoms with Crippen LogP contribution in [0.2, 0.25) is 0 Å². The van der Waals surface area contributed by atoms with Crippen molar-refractivity contribution < 1.29 is 36.7 Å². The minimum Gasteiger partial charge on any atom is -0.480 e. The number of carbonyl (C=O) groups is 1. The largest absolute Gasteiger partial charge is 0.480 e. The summed E-state index contributed by atoms with van der Waals surface area (Å²) in [4.78, 5) is 38.9. The van der Waals surface area contributed by atoms with E-state index in [0.717, 1.165) is 69.4 Å². The van der Waals surface area contributed by atoms with Crippen LogP contribution < -0.4 is 19.8 Å². The summed E-state index contributed by atoms with van der Waals surface area (Å²) in [5.74, 6) is -0.168. The molecule has 3 saturated heterocycles. The zero-order valence-corrected chi connectivity index (χ0v) is 31.2. The number of benzene rings is 2. The lowest BCUT2D eigenvalue weighted by Gasteiger charge is -2.35. The molecule has 3 fully saturated rings. The highest BCUT2D eigenvalue weighted by atomic mass is 32.2. The van der Waals surface area contributed by atoms with Gasteiger partial charge >= 0.3 is 0 Å². The van der Waals surface area contributed by atoms with E-state index in [2.05, 4.69) is 25.0 Å². The molecule has 3 aliphatic heterocycles. The molecular formula is C37H45FN8O7S. The van der Waals surface area contributed by atoms with Crippen molar-refractivity contribution in [2.45, 2.75) is 38.6 Å². The molecule has 2 N–H and O–H groups in total. The number of rotatable bonds is 12. The van der Waals surface area contributed by atoms with Gasteiger partial charge in [0.15, 0.2) is 6.29 Å². The number of hydrogen-bond acceptors (Lipinski definition) is 13. The Morgan fingerprint density at radius 3 is 2.39 bits per heavy atom. The number of morpholine rings is 1. The third-order valence-corrected chi connectivity index (χ3v) is 10.2. The lowest BCUT2D eigenvalue weighted by atomic mass is 10.0. The fourth-order valence-corrected chi connectivity index (χ4v) is 7.41. The van der Waals surface area contributed by atoms with Crippen molar-refractivity contribution >= 4 is 38.5 Å². The number of ether oxygens (including phenoxy) is 3. The molecule has 15 nitrogen and oxygen atoms in total. The normalized spacial score (nSPS) is 18.8. The number of nitrogens with one attached hydrogen (secondary N) is 2. The van der Waals surface area contributed by atoms with Crippen LogP contribution in [0.25, 0.3) is 22.2 Å². The summed E-state index contributed by atoms with van der Waals surface area (Å²) in [5.41, 5.74) is 6.49. The molecule has 3 aliphatic rings. The number of pyridine rings is 1. The van der Waals surface area contributed by atoms with Crippen molar-refractivity contribution in [3.8, 4) is 17.1 Å². The lowest BCUT2D eigenvalue weighted by Crippen LogP contribution is -2.45. The summed E-state index contributed by atoms with van der Waals surface area (Å²) in [6.45, 7) is 7.19. The van der Waals surface area contributed by atoms with Crippen molar-refractivity contribution in [3.05, 3.63) is 71.2 Å². The van der Waals surface area contributed by atoms with Crippen LogP contribution in [0.3, 0.4) is 0 Å². The van der Waals surface area contributed by atoms with Crippen molar-refractivity contribution in [2.75, 3.05) is 82.1 Å². The molecule has 0 spiro atoms. The molecule has 288 valence electrons. The van der Waals surface area contributed by atoms with E-state index in [1.54, 1.807) is 18.2 Å². The van der Waals surface area contributed by atoms with E-state index in [0.29, 0.717) is 73.1 Å². The maximum atomic E-state index is 15.5. The molecule has 0 saturated carbocycles. The number of carbonyl (C=O) groups excluding carboxylic acids is 1. The Morgan fingerprint density at radius 2 is 1.70 bits per heavy atom. The first kappa shape index (κ1) is 37.8. The monoisotopic (exact) mass is 764 g/mol. The van der Waals surface area contributed by atoms with Crippen LogP contribution in [0.4, 0.5) is 16.0 Å². The Balaban J connectivity index is 1.06. The molecule has 1 amide bonds. The molecule has 1 unspecified atom stereocenters. The zero-order chi connectivity index (χ0) is 37.7. The quantitative estimate of drug-likeness (QED) is 0.202. The number of hydroxylamine groups is 1. The minimum atomic E-state index is -3.65. The summed E-state index contributed by atoms with van der Waals surface area (Å²) in [5, 5.41) is 0.490. The molecular weight excluding hydrogens is 720 g/mol. The molecule has 0 bridgehead atoms. The first-order valence-electron chi connectivity index (χ1n) is 18.1. The second kappa shape index (κ2) is 16.9. The second-order valence-corrected chi connectivity index (χ2v) is 15.4. The van der Waals surface area contributed by atoms with Gasteiger partial charge in [0, 0.05) is 88.1 Å². The number of aromatic nitrogens is 3. The van der Waals surface area contributed by atoms with E-state index >= 15 is 4.39 Å². The van der Waals surface area contributed by atoms with E-state index in [1.165, 1.54) is 25.4 Å². The van der Waals surface area contributed by atoms with Gasteiger partial charge in [0.05, 0.1) is 37.8 Å². The summed E-state index contributed by atoms with van der Waals surface area (Å²) in [6.07, 6.45) is 4.94. The van der Waals surface area contributed by atoms with Crippen LogP contribution in [0.1, 0.15) is 40.7 Å². The number of fused-ring (bicyclic) bond motifs is 1. The van der Waals surface area contributed by atoms with Gasteiger partial charge in [-0.2, -0.15) is 0 Å². The predicted molar refractivity (Wildman–Crippen MR) is 200 cm³/mol. The maximum absolute atomic E-state index is 15.5. The molecule has 54 heavy (non-hydrogen) atoms. The van der Waals surface area contributed by atoms with Gasteiger partial charge < -0.3 is 19.1 Å². The third kappa shape index (κ3) is 9.40. The summed E-state index contributed by atoms with van der Waals surface area (Å²) in [7, 11) is -2.25. The number of amides is 1. The van der Waals surface area contributed by atoms with Gasteiger partial charge in [0.2, 0.25) is 21.9 Å². The number of sulfonamides is 1. The first-order chi connectivity index (χ1) is 26.1. The Bertz CT molecular complexity index is 2050. The number of piperazine rings is 1. The number of hydrogen-bond donors (Lipinski definition) is 2. The highest BCUT2D eigenvalue weighted by molar-refractivity contribution is 7.92. The Kier molecular flexibility index (Phi) is 11.8. The van der Waals surface area contributed by atoms with E-state index < -0.39 is 22.1 Å². The average molecular weight is 765 g/mol. The lowest BCUT2D eigenvalue weighted by molar-refractivity contribution is -0.186. The average Bonchev–Trinajstić information content (AvgIpc) is 3.18. The minimum absolute atomic E-state index is 0.0949. The van der Waals surface area contributed by atoms with Gasteiger partial charge in [-0.25, -0.2) is 38.1 Å². The number of nitrogens with zero attached hydrogens (tertiary/aromatic N) is 6. The second-order valence-electron chi connectivity index (χ2n) is 13.7. The van der Waals surface area contributed by atoms with Crippen LogP contribution >= 0.6 is 0 Å². The van der Waals surface area contributed by atoms with Crippen molar-refractivity contribution in [3.63, 3.8) is 0 Å². The predicted octanol–water partition coefficient (Wildman–Crippen LogP) is 3.55. The topological polar surface area (TPSA) is 161 Å². The SMILES string of the molecule is COc1ncc(-c2nc(N3CCOCC3)nc3c(CN4CCN(Cc5ccc(C(=O)NOC6CCCCO6)cc5)CC4)cc(F)cc23)cc1NS(C)(=O)=O. The Labute approximate surface area is 313 Å². The first-order valence-corrected chi connectivity index (χ1v) is 20.0. The molecule has 4 aromatic rings. The molecule has 1 atom stereocenters. The Morgan fingerprint density at radius 1 is 0.963 bits per heavy atom. The summed E-state index contributed by atoms with van der Waals surface area (Å²) < 4.78 is 58.6. The molecule has 7 rings (SSSR count). The zero-order valence-electron chi connectivity index (χ0n) is 30.4. The van der Waals surface area contributed by atoms with Crippen LogP contribution in [-0.2, 0) is 37.4 Å². The number of methoxy groups -OCH3 is 1. The van der Waals surface area contributed by atoms with E-state index in [4.69, 9.17) is 29.0 Å². The number of halogens is 1. The van der Waals surface area contributed by atoms with Crippen molar-refractivity contribution in [1.82, 2.24) is 30.2 Å². The molecule has 5 heterocycles. The molecule has 2 aromatic heterocycles. The van der Waals surface area contributed by atoms with Gasteiger partial charge in [0.1, 0.15) is 11.5 Å². The smallest absolute Gasteiger partial charge is 0.274 e. The van der Waals surface area contributed by atoms with Gasteiger partial charge in [-0.3, -0.25) is 19.3 Å². The van der Waals surface area contributed by atoms with E-state index in [9.17, 15) is 13.2 Å². The standard InChI is InChI=1S/C37H45FN8O7S/c1-50-36-31(43-54(2,48)49)20-27(22-39-36)33-30-21-29(38)19-28(34(30)41-37(40-33)46-14-17-51-18-15-46)24-45-12-10-44(11-13-45)23-25-6-8-26(9-7-25)35(47)42-53-32-5-3-4-16-52-32/h6-9,19-22,32,43H,3-5,10-18,23-24H2,1-2H3,(H,42,47). The van der Waals surface area contributed by atoms with Crippen LogP contribution in [0.15, 0.2) is 48.7 Å². The number of anilines is 2. The summed E-state index contributed by atoms with van der Waals surface area (Å²) in [6, 6.07) is 12.0. The maximum Gasteiger partial charge on any atom is 0.274 e.